The molecule has 2 aromatic carbocycles. The number of rotatable bonds is 9. The van der Waals surface area contributed by atoms with Gasteiger partial charge in [0.1, 0.15) is 6.04 Å². The van der Waals surface area contributed by atoms with Crippen molar-refractivity contribution in [3.05, 3.63) is 63.1 Å². The minimum Gasteiger partial charge on any atom is -0.350 e. The normalized spacial score (nSPS) is 12.3. The number of thioether (sulfide) groups is 1. The second-order valence-electron chi connectivity index (χ2n) is 8.59. The number of hydrogen-bond donors (Lipinski definition) is 1. The second-order valence-corrected chi connectivity index (χ2v) is 11.0. The molecule has 32 heavy (non-hydrogen) atoms. The van der Waals surface area contributed by atoms with E-state index >= 15 is 0 Å². The van der Waals surface area contributed by atoms with Crippen LogP contribution in [0.15, 0.2) is 47.4 Å². The van der Waals surface area contributed by atoms with Gasteiger partial charge in [0.2, 0.25) is 11.8 Å². The molecule has 1 atom stereocenters. The molecule has 1 unspecified atom stereocenters. The molecule has 8 heteroatoms. The summed E-state index contributed by atoms with van der Waals surface area (Å²) < 4.78 is 0. The quantitative estimate of drug-likeness (QED) is 0.293. The fraction of sp³-hybridized carbons (Fsp3) is 0.417. The van der Waals surface area contributed by atoms with E-state index in [4.69, 9.17) is 34.8 Å². The van der Waals surface area contributed by atoms with Gasteiger partial charge in [0.15, 0.2) is 0 Å². The summed E-state index contributed by atoms with van der Waals surface area (Å²) in [6, 6.07) is 12.3. The summed E-state index contributed by atoms with van der Waals surface area (Å²) in [6.45, 7) is 7.77. The Morgan fingerprint density at radius 2 is 1.69 bits per heavy atom. The van der Waals surface area contributed by atoms with Crippen molar-refractivity contribution < 1.29 is 9.59 Å². The Hall–Kier alpha value is -1.40. The number of benzene rings is 2. The molecule has 2 amide bonds. The smallest absolute Gasteiger partial charge is 0.242 e. The summed E-state index contributed by atoms with van der Waals surface area (Å²) in [4.78, 5) is 28.6. The third kappa shape index (κ3) is 8.86. The highest BCUT2D eigenvalue weighted by Crippen LogP contribution is 2.25. The molecule has 0 aliphatic carbocycles. The van der Waals surface area contributed by atoms with Gasteiger partial charge in [-0.05, 0) is 81.8 Å². The van der Waals surface area contributed by atoms with Gasteiger partial charge in [0.25, 0.3) is 0 Å². The van der Waals surface area contributed by atoms with E-state index in [2.05, 4.69) is 5.32 Å². The number of nitrogens with one attached hydrogen (secondary N) is 1. The summed E-state index contributed by atoms with van der Waals surface area (Å²) in [5.74, 6) is 0.516. The Labute approximate surface area is 210 Å². The van der Waals surface area contributed by atoms with Crippen LogP contribution >= 0.6 is 46.6 Å². The third-order valence-corrected chi connectivity index (χ3v) is 6.71. The van der Waals surface area contributed by atoms with Crippen molar-refractivity contribution in [1.29, 1.82) is 0 Å². The predicted molar refractivity (Wildman–Crippen MR) is 136 cm³/mol. The molecule has 2 aromatic rings. The standard InChI is InChI=1S/C24H29Cl3N2O2S/c1-16(23(31)28-24(2,3)4)29(15-17-7-12-20(26)21(27)14-17)22(30)6-5-13-32-19-10-8-18(25)9-11-19/h7-12,14,16H,5-6,13,15H2,1-4H3,(H,28,31). The Morgan fingerprint density at radius 1 is 1.03 bits per heavy atom. The first kappa shape index (κ1) is 26.8. The Balaban J connectivity index is 2.05. The third-order valence-electron chi connectivity index (χ3n) is 4.62. The molecular formula is C24H29Cl3N2O2S. The molecule has 2 rings (SSSR count). The van der Waals surface area contributed by atoms with Gasteiger partial charge in [-0.25, -0.2) is 0 Å². The van der Waals surface area contributed by atoms with Crippen molar-refractivity contribution in [2.75, 3.05) is 5.75 Å². The summed E-state index contributed by atoms with van der Waals surface area (Å²) in [7, 11) is 0. The zero-order chi connectivity index (χ0) is 23.9. The predicted octanol–water partition coefficient (Wildman–Crippen LogP) is 6.85. The highest BCUT2D eigenvalue weighted by atomic mass is 35.5. The highest BCUT2D eigenvalue weighted by Gasteiger charge is 2.28. The molecule has 0 heterocycles. The molecule has 0 spiro atoms. The zero-order valence-electron chi connectivity index (χ0n) is 18.8. The lowest BCUT2D eigenvalue weighted by molar-refractivity contribution is -0.141. The van der Waals surface area contributed by atoms with Crippen molar-refractivity contribution in [3.8, 4) is 0 Å². The number of hydrogen-bond acceptors (Lipinski definition) is 3. The van der Waals surface area contributed by atoms with E-state index in [9.17, 15) is 9.59 Å². The van der Waals surface area contributed by atoms with Gasteiger partial charge < -0.3 is 10.2 Å². The molecule has 4 nitrogen and oxygen atoms in total. The molecule has 0 aliphatic heterocycles. The maximum absolute atomic E-state index is 13.1. The van der Waals surface area contributed by atoms with Crippen molar-refractivity contribution >= 4 is 58.4 Å². The van der Waals surface area contributed by atoms with E-state index in [0.717, 1.165) is 16.2 Å². The minimum absolute atomic E-state index is 0.0793. The van der Waals surface area contributed by atoms with Gasteiger partial charge in [-0.1, -0.05) is 40.9 Å². The molecule has 174 valence electrons. The summed E-state index contributed by atoms with van der Waals surface area (Å²) in [5.41, 5.74) is 0.428. The van der Waals surface area contributed by atoms with Crippen LogP contribution in [-0.4, -0.2) is 34.0 Å². The SMILES string of the molecule is CC(C(=O)NC(C)(C)C)N(Cc1ccc(Cl)c(Cl)c1)C(=O)CCCSc1ccc(Cl)cc1. The maximum Gasteiger partial charge on any atom is 0.242 e. The lowest BCUT2D eigenvalue weighted by Gasteiger charge is -2.31. The van der Waals surface area contributed by atoms with E-state index in [1.807, 2.05) is 51.1 Å². The van der Waals surface area contributed by atoms with Gasteiger partial charge in [-0.15, -0.1) is 11.8 Å². The molecule has 0 fully saturated rings. The van der Waals surface area contributed by atoms with Crippen LogP contribution < -0.4 is 5.32 Å². The van der Waals surface area contributed by atoms with Crippen molar-refractivity contribution in [2.45, 2.75) is 63.6 Å². The van der Waals surface area contributed by atoms with Crippen LogP contribution in [0.4, 0.5) is 0 Å². The largest absolute Gasteiger partial charge is 0.350 e. The Kier molecular flexibility index (Phi) is 10.2. The topological polar surface area (TPSA) is 49.4 Å². The minimum atomic E-state index is -0.625. The summed E-state index contributed by atoms with van der Waals surface area (Å²) in [6.07, 6.45) is 1.03. The molecular weight excluding hydrogens is 487 g/mol. The molecule has 0 bridgehead atoms. The van der Waals surface area contributed by atoms with Crippen molar-refractivity contribution in [2.24, 2.45) is 0 Å². The van der Waals surface area contributed by atoms with E-state index in [0.29, 0.717) is 27.9 Å². The number of carbonyl (C=O) groups is 2. The fourth-order valence-corrected chi connectivity index (χ4v) is 4.28. The van der Waals surface area contributed by atoms with Crippen LogP contribution in [0.2, 0.25) is 15.1 Å². The average Bonchev–Trinajstić information content (AvgIpc) is 2.71. The number of halogens is 3. The van der Waals surface area contributed by atoms with Crippen LogP contribution in [0.5, 0.6) is 0 Å². The fourth-order valence-electron chi connectivity index (χ4n) is 2.98. The molecule has 1 N–H and O–H groups in total. The van der Waals surface area contributed by atoms with Crippen LogP contribution in [0.1, 0.15) is 46.1 Å². The Bertz CT molecular complexity index is 930. The van der Waals surface area contributed by atoms with Crippen LogP contribution in [-0.2, 0) is 16.1 Å². The molecule has 0 saturated carbocycles. The van der Waals surface area contributed by atoms with Gasteiger partial charge >= 0.3 is 0 Å². The first-order valence-corrected chi connectivity index (χ1v) is 12.5. The van der Waals surface area contributed by atoms with Gasteiger partial charge in [0.05, 0.1) is 10.0 Å². The van der Waals surface area contributed by atoms with Crippen LogP contribution in [0.3, 0.4) is 0 Å². The van der Waals surface area contributed by atoms with E-state index < -0.39 is 11.6 Å². The lowest BCUT2D eigenvalue weighted by atomic mass is 10.1. The molecule has 0 radical (unpaired) electrons. The van der Waals surface area contributed by atoms with Gasteiger partial charge in [0, 0.05) is 28.4 Å². The number of carbonyl (C=O) groups excluding carboxylic acids is 2. The summed E-state index contributed by atoms with van der Waals surface area (Å²) >= 11 is 19.8. The average molecular weight is 516 g/mol. The molecule has 0 aliphatic rings. The number of nitrogens with zero attached hydrogens (tertiary/aromatic N) is 1. The zero-order valence-corrected chi connectivity index (χ0v) is 21.8. The van der Waals surface area contributed by atoms with Crippen molar-refractivity contribution in [3.63, 3.8) is 0 Å². The van der Waals surface area contributed by atoms with Crippen LogP contribution in [0.25, 0.3) is 0 Å². The summed E-state index contributed by atoms with van der Waals surface area (Å²) in [5, 5.41) is 4.53. The van der Waals surface area contributed by atoms with Crippen molar-refractivity contribution in [1.82, 2.24) is 10.2 Å². The van der Waals surface area contributed by atoms with Gasteiger partial charge in [-0.2, -0.15) is 0 Å². The Morgan fingerprint density at radius 3 is 2.28 bits per heavy atom. The van der Waals surface area contributed by atoms with E-state index in [-0.39, 0.29) is 18.4 Å². The van der Waals surface area contributed by atoms with Gasteiger partial charge in [-0.3, -0.25) is 9.59 Å². The lowest BCUT2D eigenvalue weighted by Crippen LogP contribution is -2.52. The number of amides is 2. The first-order valence-electron chi connectivity index (χ1n) is 10.4. The van der Waals surface area contributed by atoms with E-state index in [1.54, 1.807) is 35.7 Å². The highest BCUT2D eigenvalue weighted by molar-refractivity contribution is 7.99. The maximum atomic E-state index is 13.1. The first-order chi connectivity index (χ1) is 15.0. The molecule has 0 aromatic heterocycles. The monoisotopic (exact) mass is 514 g/mol. The second kappa shape index (κ2) is 12.2. The molecule has 0 saturated heterocycles. The van der Waals surface area contributed by atoms with E-state index in [1.165, 1.54) is 0 Å². The van der Waals surface area contributed by atoms with Crippen LogP contribution in [0, 0.1) is 0 Å².